The molecule has 140 valence electrons. The van der Waals surface area contributed by atoms with Gasteiger partial charge < -0.3 is 19.9 Å². The summed E-state index contributed by atoms with van der Waals surface area (Å²) in [5.74, 6) is 0.671. The SMILES string of the molecule is COc1cccc(NC(=O)N(Cc2cc(=O)[nH]c3ccccc23)C(C)C)c1. The van der Waals surface area contributed by atoms with Crippen LogP contribution < -0.4 is 15.6 Å². The third-order valence-corrected chi connectivity index (χ3v) is 4.38. The number of methoxy groups -OCH3 is 1. The summed E-state index contributed by atoms with van der Waals surface area (Å²) in [6.07, 6.45) is 0. The van der Waals surface area contributed by atoms with E-state index < -0.39 is 0 Å². The number of amides is 2. The first-order valence-corrected chi connectivity index (χ1v) is 8.80. The van der Waals surface area contributed by atoms with Crippen LogP contribution in [0.4, 0.5) is 10.5 Å². The number of benzene rings is 2. The number of aromatic nitrogens is 1. The molecule has 0 aliphatic rings. The van der Waals surface area contributed by atoms with Crippen molar-refractivity contribution < 1.29 is 9.53 Å². The number of pyridine rings is 1. The predicted molar refractivity (Wildman–Crippen MR) is 107 cm³/mol. The lowest BCUT2D eigenvalue weighted by molar-refractivity contribution is 0.194. The Morgan fingerprint density at radius 2 is 1.93 bits per heavy atom. The van der Waals surface area contributed by atoms with Gasteiger partial charge in [-0.3, -0.25) is 4.79 Å². The van der Waals surface area contributed by atoms with Gasteiger partial charge in [0.15, 0.2) is 0 Å². The minimum atomic E-state index is -0.234. The van der Waals surface area contributed by atoms with E-state index in [4.69, 9.17) is 4.74 Å². The largest absolute Gasteiger partial charge is 0.497 e. The molecule has 2 amide bonds. The molecule has 0 atom stereocenters. The molecule has 6 nitrogen and oxygen atoms in total. The molecule has 0 fully saturated rings. The summed E-state index contributed by atoms with van der Waals surface area (Å²) in [6.45, 7) is 4.22. The number of anilines is 1. The predicted octanol–water partition coefficient (Wildman–Crippen LogP) is 3.98. The summed E-state index contributed by atoms with van der Waals surface area (Å²) in [5.41, 5.74) is 2.04. The van der Waals surface area contributed by atoms with E-state index in [-0.39, 0.29) is 17.6 Å². The van der Waals surface area contributed by atoms with Crippen LogP contribution in [0.15, 0.2) is 59.4 Å². The van der Waals surface area contributed by atoms with Gasteiger partial charge in [-0.2, -0.15) is 0 Å². The topological polar surface area (TPSA) is 74.4 Å². The minimum Gasteiger partial charge on any atom is -0.497 e. The van der Waals surface area contributed by atoms with Gasteiger partial charge in [-0.05, 0) is 37.6 Å². The van der Waals surface area contributed by atoms with Crippen molar-refractivity contribution in [1.29, 1.82) is 0 Å². The van der Waals surface area contributed by atoms with E-state index in [0.29, 0.717) is 18.0 Å². The number of H-pyrrole nitrogens is 1. The molecule has 0 unspecified atom stereocenters. The number of ether oxygens (including phenoxy) is 1. The summed E-state index contributed by atoms with van der Waals surface area (Å²) >= 11 is 0. The Morgan fingerprint density at radius 3 is 2.67 bits per heavy atom. The maximum absolute atomic E-state index is 12.9. The lowest BCUT2D eigenvalue weighted by Gasteiger charge is -2.27. The van der Waals surface area contributed by atoms with E-state index in [2.05, 4.69) is 10.3 Å². The molecule has 3 rings (SSSR count). The second kappa shape index (κ2) is 7.95. The highest BCUT2D eigenvalue weighted by molar-refractivity contribution is 5.90. The Kier molecular flexibility index (Phi) is 5.45. The zero-order valence-corrected chi connectivity index (χ0v) is 15.7. The first kappa shape index (κ1) is 18.5. The van der Waals surface area contributed by atoms with Crippen LogP contribution in [0.3, 0.4) is 0 Å². The molecule has 6 heteroatoms. The van der Waals surface area contributed by atoms with Gasteiger partial charge in [0.05, 0.1) is 7.11 Å². The Morgan fingerprint density at radius 1 is 1.15 bits per heavy atom. The Labute approximate surface area is 157 Å². The molecule has 0 aliphatic heterocycles. The highest BCUT2D eigenvalue weighted by Gasteiger charge is 2.19. The maximum atomic E-state index is 12.9. The number of rotatable bonds is 5. The second-order valence-electron chi connectivity index (χ2n) is 6.59. The minimum absolute atomic E-state index is 0.0475. The summed E-state index contributed by atoms with van der Waals surface area (Å²) in [6, 6.07) is 16.1. The molecule has 3 aromatic rings. The van der Waals surface area contributed by atoms with Crippen LogP contribution in [0.5, 0.6) is 5.75 Å². The van der Waals surface area contributed by atoms with Gasteiger partial charge in [0.2, 0.25) is 5.56 Å². The van der Waals surface area contributed by atoms with Gasteiger partial charge in [0.1, 0.15) is 5.75 Å². The fourth-order valence-corrected chi connectivity index (χ4v) is 2.98. The molecular weight excluding hydrogens is 342 g/mol. The van der Waals surface area contributed by atoms with E-state index in [0.717, 1.165) is 16.5 Å². The van der Waals surface area contributed by atoms with E-state index in [1.54, 1.807) is 24.1 Å². The van der Waals surface area contributed by atoms with Crippen molar-refractivity contribution >= 4 is 22.6 Å². The molecule has 0 radical (unpaired) electrons. The Bertz CT molecular complexity index is 1010. The van der Waals surface area contributed by atoms with Crippen LogP contribution in [0.2, 0.25) is 0 Å². The van der Waals surface area contributed by atoms with Crippen molar-refractivity contribution in [3.63, 3.8) is 0 Å². The zero-order chi connectivity index (χ0) is 19.4. The summed E-state index contributed by atoms with van der Waals surface area (Å²) in [5, 5.41) is 3.83. The first-order valence-electron chi connectivity index (χ1n) is 8.80. The second-order valence-corrected chi connectivity index (χ2v) is 6.59. The third-order valence-electron chi connectivity index (χ3n) is 4.38. The average Bonchev–Trinajstić information content (AvgIpc) is 2.65. The number of nitrogens with one attached hydrogen (secondary N) is 2. The van der Waals surface area contributed by atoms with Crippen LogP contribution in [0.1, 0.15) is 19.4 Å². The number of carbonyl (C=O) groups excluding carboxylic acids is 1. The molecule has 1 heterocycles. The number of para-hydroxylation sites is 1. The lowest BCUT2D eigenvalue weighted by Crippen LogP contribution is -2.39. The van der Waals surface area contributed by atoms with Crippen LogP contribution in [-0.4, -0.2) is 29.1 Å². The van der Waals surface area contributed by atoms with E-state index in [9.17, 15) is 9.59 Å². The third kappa shape index (κ3) is 4.28. The number of nitrogens with zero attached hydrogens (tertiary/aromatic N) is 1. The lowest BCUT2D eigenvalue weighted by atomic mass is 10.1. The Balaban J connectivity index is 1.88. The molecule has 0 saturated heterocycles. The van der Waals surface area contributed by atoms with Crippen molar-refractivity contribution in [1.82, 2.24) is 9.88 Å². The van der Waals surface area contributed by atoms with E-state index in [1.807, 2.05) is 56.3 Å². The number of aromatic amines is 1. The summed E-state index contributed by atoms with van der Waals surface area (Å²) in [4.78, 5) is 29.4. The molecular formula is C21H23N3O3. The van der Waals surface area contributed by atoms with Crippen molar-refractivity contribution in [3.05, 3.63) is 70.5 Å². The van der Waals surface area contributed by atoms with Crippen LogP contribution >= 0.6 is 0 Å². The molecule has 0 saturated carbocycles. The van der Waals surface area contributed by atoms with Gasteiger partial charge in [-0.25, -0.2) is 4.79 Å². The van der Waals surface area contributed by atoms with Crippen molar-refractivity contribution in [2.75, 3.05) is 12.4 Å². The fraction of sp³-hybridized carbons (Fsp3) is 0.238. The quantitative estimate of drug-likeness (QED) is 0.718. The van der Waals surface area contributed by atoms with E-state index >= 15 is 0 Å². The monoisotopic (exact) mass is 365 g/mol. The van der Waals surface area contributed by atoms with Crippen molar-refractivity contribution in [2.24, 2.45) is 0 Å². The highest BCUT2D eigenvalue weighted by atomic mass is 16.5. The maximum Gasteiger partial charge on any atom is 0.322 e. The summed E-state index contributed by atoms with van der Waals surface area (Å²) < 4.78 is 5.20. The van der Waals surface area contributed by atoms with Crippen LogP contribution in [0, 0.1) is 0 Å². The number of urea groups is 1. The molecule has 0 spiro atoms. The van der Waals surface area contributed by atoms with Gasteiger partial charge >= 0.3 is 6.03 Å². The standard InChI is InChI=1S/C21H23N3O3/c1-14(2)24(21(26)22-16-7-6-8-17(12-16)27-3)13-15-11-20(25)23-19-10-5-4-9-18(15)19/h4-12,14H,13H2,1-3H3,(H,22,26)(H,23,25). The normalized spacial score (nSPS) is 10.8. The smallest absolute Gasteiger partial charge is 0.322 e. The molecule has 0 aliphatic carbocycles. The first-order chi connectivity index (χ1) is 13.0. The molecule has 1 aromatic heterocycles. The number of fused-ring (bicyclic) bond motifs is 1. The molecule has 27 heavy (non-hydrogen) atoms. The number of hydrogen-bond donors (Lipinski definition) is 2. The molecule has 0 bridgehead atoms. The highest BCUT2D eigenvalue weighted by Crippen LogP contribution is 2.20. The van der Waals surface area contributed by atoms with Crippen LogP contribution in [-0.2, 0) is 6.54 Å². The average molecular weight is 365 g/mol. The zero-order valence-electron chi connectivity index (χ0n) is 15.7. The van der Waals surface area contributed by atoms with Gasteiger partial charge in [-0.1, -0.05) is 24.3 Å². The van der Waals surface area contributed by atoms with Crippen molar-refractivity contribution in [2.45, 2.75) is 26.4 Å². The van der Waals surface area contributed by atoms with E-state index in [1.165, 1.54) is 0 Å². The van der Waals surface area contributed by atoms with Gasteiger partial charge in [-0.15, -0.1) is 0 Å². The fourth-order valence-electron chi connectivity index (χ4n) is 2.98. The Hall–Kier alpha value is -3.28. The van der Waals surface area contributed by atoms with Gasteiger partial charge in [0.25, 0.3) is 0 Å². The number of carbonyl (C=O) groups is 1. The van der Waals surface area contributed by atoms with Crippen molar-refractivity contribution in [3.8, 4) is 5.75 Å². The van der Waals surface area contributed by atoms with Gasteiger partial charge in [0, 0.05) is 41.3 Å². The molecule has 2 aromatic carbocycles. The summed E-state index contributed by atoms with van der Waals surface area (Å²) in [7, 11) is 1.58. The molecule has 2 N–H and O–H groups in total. The number of hydrogen-bond acceptors (Lipinski definition) is 3. The van der Waals surface area contributed by atoms with Crippen LogP contribution in [0.25, 0.3) is 10.9 Å².